The summed E-state index contributed by atoms with van der Waals surface area (Å²) in [5, 5.41) is 3.50. The highest BCUT2D eigenvalue weighted by Gasteiger charge is 2.14. The quantitative estimate of drug-likeness (QED) is 0.347. The Balaban J connectivity index is 2.51. The van der Waals surface area contributed by atoms with Crippen LogP contribution in [0.15, 0.2) is 16.2 Å². The normalized spacial score (nSPS) is 19.3. The van der Waals surface area contributed by atoms with Crippen molar-refractivity contribution in [2.24, 2.45) is 4.99 Å². The Hall–Kier alpha value is -0.450. The summed E-state index contributed by atoms with van der Waals surface area (Å²) in [4.78, 5) is 6.23. The SMILES string of the molecule is CN=C(N/C(Cl)=C\CCl)N1CCOCC1. The van der Waals surface area contributed by atoms with E-state index in [4.69, 9.17) is 27.9 Å². The van der Waals surface area contributed by atoms with Gasteiger partial charge in [-0.25, -0.2) is 0 Å². The van der Waals surface area contributed by atoms with Gasteiger partial charge in [-0.2, -0.15) is 0 Å². The van der Waals surface area contributed by atoms with Crippen molar-refractivity contribution in [1.29, 1.82) is 0 Å². The first kappa shape index (κ1) is 12.6. The molecule has 1 saturated heterocycles. The van der Waals surface area contributed by atoms with Gasteiger partial charge in [0.15, 0.2) is 5.96 Å². The van der Waals surface area contributed by atoms with Crippen molar-refractivity contribution in [3.8, 4) is 0 Å². The van der Waals surface area contributed by atoms with Gasteiger partial charge in [-0.3, -0.25) is 4.99 Å². The zero-order valence-electron chi connectivity index (χ0n) is 8.67. The molecular formula is C9H15Cl2N3O. The molecule has 0 radical (unpaired) electrons. The van der Waals surface area contributed by atoms with Crippen molar-refractivity contribution in [2.75, 3.05) is 39.2 Å². The zero-order chi connectivity index (χ0) is 11.1. The lowest BCUT2D eigenvalue weighted by molar-refractivity contribution is 0.0668. The van der Waals surface area contributed by atoms with Crippen LogP contribution in [0.1, 0.15) is 0 Å². The Kier molecular flexibility index (Phi) is 5.83. The molecule has 0 amide bonds. The topological polar surface area (TPSA) is 36.9 Å². The van der Waals surface area contributed by atoms with Gasteiger partial charge in [0.2, 0.25) is 0 Å². The summed E-state index contributed by atoms with van der Waals surface area (Å²) >= 11 is 11.4. The summed E-state index contributed by atoms with van der Waals surface area (Å²) in [7, 11) is 1.72. The van der Waals surface area contributed by atoms with Crippen LogP contribution in [0.25, 0.3) is 0 Å². The second kappa shape index (κ2) is 6.93. The van der Waals surface area contributed by atoms with E-state index in [1.807, 2.05) is 0 Å². The van der Waals surface area contributed by atoms with Crippen molar-refractivity contribution in [1.82, 2.24) is 10.2 Å². The first-order chi connectivity index (χ1) is 7.27. The van der Waals surface area contributed by atoms with E-state index < -0.39 is 0 Å². The molecule has 0 aromatic rings. The van der Waals surface area contributed by atoms with Crippen molar-refractivity contribution in [3.05, 3.63) is 11.2 Å². The van der Waals surface area contributed by atoms with Gasteiger partial charge in [0.05, 0.1) is 13.2 Å². The molecule has 0 aromatic carbocycles. The van der Waals surface area contributed by atoms with Crippen molar-refractivity contribution in [3.63, 3.8) is 0 Å². The smallest absolute Gasteiger partial charge is 0.199 e. The van der Waals surface area contributed by atoms with Crippen LogP contribution < -0.4 is 5.32 Å². The number of halogens is 2. The highest BCUT2D eigenvalue weighted by molar-refractivity contribution is 6.31. The predicted molar refractivity (Wildman–Crippen MR) is 63.5 cm³/mol. The Labute approximate surface area is 99.9 Å². The molecule has 6 heteroatoms. The second-order valence-corrected chi connectivity index (χ2v) is 3.69. The number of hydrogen-bond donors (Lipinski definition) is 1. The minimum atomic E-state index is 0.381. The Morgan fingerprint density at radius 1 is 1.53 bits per heavy atom. The average Bonchev–Trinajstić information content (AvgIpc) is 2.27. The number of guanidine groups is 1. The zero-order valence-corrected chi connectivity index (χ0v) is 10.2. The van der Waals surface area contributed by atoms with Gasteiger partial charge < -0.3 is 15.0 Å². The average molecular weight is 252 g/mol. The molecule has 0 unspecified atom stereocenters. The number of allylic oxidation sites excluding steroid dienone is 1. The summed E-state index contributed by atoms with van der Waals surface area (Å²) in [6, 6.07) is 0. The maximum absolute atomic E-state index is 5.90. The molecule has 1 N–H and O–H groups in total. The number of nitrogens with zero attached hydrogens (tertiary/aromatic N) is 2. The van der Waals surface area contributed by atoms with E-state index in [-0.39, 0.29) is 0 Å². The monoisotopic (exact) mass is 251 g/mol. The van der Waals surface area contributed by atoms with Crippen molar-refractivity contribution < 1.29 is 4.74 Å². The van der Waals surface area contributed by atoms with Gasteiger partial charge >= 0.3 is 0 Å². The largest absolute Gasteiger partial charge is 0.378 e. The molecular weight excluding hydrogens is 237 g/mol. The van der Waals surface area contributed by atoms with E-state index in [1.54, 1.807) is 13.1 Å². The van der Waals surface area contributed by atoms with Crippen molar-refractivity contribution in [2.45, 2.75) is 0 Å². The number of rotatable bonds is 2. The van der Waals surface area contributed by atoms with Gasteiger partial charge in [-0.1, -0.05) is 11.6 Å². The summed E-state index contributed by atoms with van der Waals surface area (Å²) < 4.78 is 5.25. The standard InChI is InChI=1S/C9H15Cl2N3O/c1-12-9(13-8(11)2-3-10)14-4-6-15-7-5-14/h2H,3-7H2,1H3,(H,12,13)/b8-2-. The molecule has 1 heterocycles. The van der Waals surface area contributed by atoms with Crippen LogP contribution in [0.4, 0.5) is 0 Å². The molecule has 1 aliphatic heterocycles. The van der Waals surface area contributed by atoms with E-state index in [2.05, 4.69) is 15.2 Å². The number of aliphatic imine (C=N–C) groups is 1. The van der Waals surface area contributed by atoms with Gasteiger partial charge in [-0.15, -0.1) is 11.6 Å². The molecule has 86 valence electrons. The molecule has 0 saturated carbocycles. The molecule has 0 aromatic heterocycles. The third-order valence-corrected chi connectivity index (χ3v) is 2.41. The Bertz CT molecular complexity index is 250. The van der Waals surface area contributed by atoms with Gasteiger partial charge in [0, 0.05) is 26.0 Å². The van der Waals surface area contributed by atoms with Crippen LogP contribution in [-0.2, 0) is 4.74 Å². The molecule has 0 atom stereocenters. The van der Waals surface area contributed by atoms with E-state index in [1.165, 1.54) is 0 Å². The molecule has 1 aliphatic rings. The number of morpholine rings is 1. The highest BCUT2D eigenvalue weighted by atomic mass is 35.5. The molecule has 0 spiro atoms. The maximum atomic E-state index is 5.90. The number of alkyl halides is 1. The van der Waals surface area contributed by atoms with E-state index in [0.29, 0.717) is 11.0 Å². The molecule has 1 rings (SSSR count). The van der Waals surface area contributed by atoms with Crippen LogP contribution in [0.2, 0.25) is 0 Å². The van der Waals surface area contributed by atoms with E-state index in [0.717, 1.165) is 32.3 Å². The Morgan fingerprint density at radius 2 is 2.20 bits per heavy atom. The lowest BCUT2D eigenvalue weighted by Crippen LogP contribution is -2.46. The van der Waals surface area contributed by atoms with E-state index in [9.17, 15) is 0 Å². The van der Waals surface area contributed by atoms with Gasteiger partial charge in [0.25, 0.3) is 0 Å². The van der Waals surface area contributed by atoms with Gasteiger partial charge in [-0.05, 0) is 6.08 Å². The van der Waals surface area contributed by atoms with Crippen LogP contribution in [0.5, 0.6) is 0 Å². The second-order valence-electron chi connectivity index (χ2n) is 2.98. The lowest BCUT2D eigenvalue weighted by Gasteiger charge is -2.29. The first-order valence-electron chi connectivity index (χ1n) is 4.76. The van der Waals surface area contributed by atoms with Crippen LogP contribution >= 0.6 is 23.2 Å². The van der Waals surface area contributed by atoms with E-state index >= 15 is 0 Å². The summed E-state index contributed by atoms with van der Waals surface area (Å²) in [6.07, 6.45) is 1.69. The predicted octanol–water partition coefficient (Wildman–Crippen LogP) is 1.21. The maximum Gasteiger partial charge on any atom is 0.199 e. The van der Waals surface area contributed by atoms with Gasteiger partial charge in [0.1, 0.15) is 5.16 Å². The molecule has 4 nitrogen and oxygen atoms in total. The lowest BCUT2D eigenvalue weighted by atomic mass is 10.4. The highest BCUT2D eigenvalue weighted by Crippen LogP contribution is 2.02. The third-order valence-electron chi connectivity index (χ3n) is 2.01. The summed E-state index contributed by atoms with van der Waals surface area (Å²) in [5.74, 6) is 1.14. The molecule has 0 aliphatic carbocycles. The van der Waals surface area contributed by atoms with Crippen molar-refractivity contribution >= 4 is 29.2 Å². The van der Waals surface area contributed by atoms with Crippen LogP contribution in [0, 0.1) is 0 Å². The minimum absolute atomic E-state index is 0.381. The fourth-order valence-electron chi connectivity index (χ4n) is 1.28. The minimum Gasteiger partial charge on any atom is -0.378 e. The third kappa shape index (κ3) is 4.28. The number of ether oxygens (including phenoxy) is 1. The molecule has 15 heavy (non-hydrogen) atoms. The number of nitrogens with one attached hydrogen (secondary N) is 1. The molecule has 1 fully saturated rings. The summed E-state index contributed by atoms with van der Waals surface area (Å²) in [5.41, 5.74) is 0. The Morgan fingerprint density at radius 3 is 2.73 bits per heavy atom. The fourth-order valence-corrected chi connectivity index (χ4v) is 1.67. The number of hydrogen-bond acceptors (Lipinski definition) is 2. The van der Waals surface area contributed by atoms with Crippen LogP contribution in [-0.4, -0.2) is 50.1 Å². The van der Waals surface area contributed by atoms with Crippen LogP contribution in [0.3, 0.4) is 0 Å². The molecule has 0 bridgehead atoms. The first-order valence-corrected chi connectivity index (χ1v) is 5.67. The fraction of sp³-hybridized carbons (Fsp3) is 0.667. The summed E-state index contributed by atoms with van der Waals surface area (Å²) in [6.45, 7) is 3.09.